The van der Waals surface area contributed by atoms with Gasteiger partial charge in [0.05, 0.1) is 4.47 Å². The standard InChI is InChI=1S/C11H13BrFN/c12-10-8(5-2-6-9(10)13)11(14)7-3-1-4-7/h2,5-7,11H,1,3-4,14H2/t11-/m1/s1. The number of benzene rings is 1. The number of hydrogen-bond donors (Lipinski definition) is 1. The molecule has 76 valence electrons. The summed E-state index contributed by atoms with van der Waals surface area (Å²) in [5, 5.41) is 0. The van der Waals surface area contributed by atoms with Crippen LogP contribution in [-0.4, -0.2) is 0 Å². The maximum atomic E-state index is 13.2. The second-order valence-electron chi connectivity index (χ2n) is 3.86. The number of halogens is 2. The number of nitrogens with two attached hydrogens (primary N) is 1. The molecule has 1 aromatic carbocycles. The Morgan fingerprint density at radius 3 is 2.71 bits per heavy atom. The molecule has 3 heteroatoms. The van der Waals surface area contributed by atoms with Crippen molar-refractivity contribution < 1.29 is 4.39 Å². The largest absolute Gasteiger partial charge is 0.324 e. The Bertz CT molecular complexity index is 336. The first-order valence-corrected chi connectivity index (χ1v) is 5.69. The van der Waals surface area contributed by atoms with Crippen molar-refractivity contribution >= 4 is 15.9 Å². The molecule has 0 aliphatic heterocycles. The van der Waals surface area contributed by atoms with Gasteiger partial charge in [0.2, 0.25) is 0 Å². The fourth-order valence-electron chi connectivity index (χ4n) is 1.83. The summed E-state index contributed by atoms with van der Waals surface area (Å²) in [5.74, 6) is 0.311. The van der Waals surface area contributed by atoms with Crippen LogP contribution in [0.25, 0.3) is 0 Å². The Morgan fingerprint density at radius 2 is 2.14 bits per heavy atom. The highest BCUT2D eigenvalue weighted by Crippen LogP contribution is 2.38. The van der Waals surface area contributed by atoms with Gasteiger partial charge in [-0.05, 0) is 46.3 Å². The van der Waals surface area contributed by atoms with Gasteiger partial charge in [-0.25, -0.2) is 4.39 Å². The zero-order chi connectivity index (χ0) is 10.1. The molecule has 0 heterocycles. The highest BCUT2D eigenvalue weighted by molar-refractivity contribution is 9.10. The SMILES string of the molecule is N[C@@H](c1cccc(F)c1Br)C1CCC1. The molecule has 1 aliphatic rings. The molecule has 1 aromatic rings. The summed E-state index contributed by atoms with van der Waals surface area (Å²) < 4.78 is 13.7. The third kappa shape index (κ3) is 1.71. The summed E-state index contributed by atoms with van der Waals surface area (Å²) >= 11 is 3.25. The van der Waals surface area contributed by atoms with Crippen molar-refractivity contribution in [1.82, 2.24) is 0 Å². The lowest BCUT2D eigenvalue weighted by atomic mass is 9.77. The molecule has 1 saturated carbocycles. The van der Waals surface area contributed by atoms with E-state index in [4.69, 9.17) is 5.73 Å². The van der Waals surface area contributed by atoms with E-state index in [2.05, 4.69) is 15.9 Å². The smallest absolute Gasteiger partial charge is 0.137 e. The van der Waals surface area contributed by atoms with Gasteiger partial charge in [0.25, 0.3) is 0 Å². The molecule has 1 atom stereocenters. The molecule has 0 radical (unpaired) electrons. The van der Waals surface area contributed by atoms with E-state index >= 15 is 0 Å². The van der Waals surface area contributed by atoms with Crippen LogP contribution in [0.15, 0.2) is 22.7 Å². The topological polar surface area (TPSA) is 26.0 Å². The Morgan fingerprint density at radius 1 is 1.43 bits per heavy atom. The van der Waals surface area contributed by atoms with E-state index < -0.39 is 0 Å². The summed E-state index contributed by atoms with van der Waals surface area (Å²) in [6, 6.07) is 5.04. The Hall–Kier alpha value is -0.410. The van der Waals surface area contributed by atoms with Gasteiger partial charge in [-0.3, -0.25) is 0 Å². The quantitative estimate of drug-likeness (QED) is 0.864. The third-order valence-electron chi connectivity index (χ3n) is 3.00. The predicted octanol–water partition coefficient (Wildman–Crippen LogP) is 3.39. The van der Waals surface area contributed by atoms with Gasteiger partial charge in [0, 0.05) is 6.04 Å². The van der Waals surface area contributed by atoms with Crippen LogP contribution in [0.2, 0.25) is 0 Å². The average Bonchev–Trinajstić information content (AvgIpc) is 2.06. The van der Waals surface area contributed by atoms with Crippen LogP contribution in [-0.2, 0) is 0 Å². The number of rotatable bonds is 2. The van der Waals surface area contributed by atoms with E-state index in [1.807, 2.05) is 6.07 Å². The van der Waals surface area contributed by atoms with E-state index in [9.17, 15) is 4.39 Å². The highest BCUT2D eigenvalue weighted by Gasteiger charge is 2.27. The molecule has 2 N–H and O–H groups in total. The summed E-state index contributed by atoms with van der Waals surface area (Å²) in [6.07, 6.45) is 3.60. The Labute approximate surface area is 91.6 Å². The molecule has 2 rings (SSSR count). The summed E-state index contributed by atoms with van der Waals surface area (Å²) in [7, 11) is 0. The maximum Gasteiger partial charge on any atom is 0.137 e. The molecule has 0 unspecified atom stereocenters. The highest BCUT2D eigenvalue weighted by atomic mass is 79.9. The molecule has 14 heavy (non-hydrogen) atoms. The van der Waals surface area contributed by atoms with Crippen molar-refractivity contribution in [2.24, 2.45) is 11.7 Å². The van der Waals surface area contributed by atoms with Crippen molar-refractivity contribution in [1.29, 1.82) is 0 Å². The molecular weight excluding hydrogens is 245 g/mol. The molecule has 0 saturated heterocycles. The van der Waals surface area contributed by atoms with E-state index in [0.29, 0.717) is 10.4 Å². The summed E-state index contributed by atoms with van der Waals surface area (Å²) in [4.78, 5) is 0. The first kappa shape index (κ1) is 10.1. The molecule has 0 bridgehead atoms. The lowest BCUT2D eigenvalue weighted by Gasteiger charge is -2.32. The minimum absolute atomic E-state index is 0.0196. The number of hydrogen-bond acceptors (Lipinski definition) is 1. The van der Waals surface area contributed by atoms with E-state index in [0.717, 1.165) is 5.56 Å². The van der Waals surface area contributed by atoms with E-state index in [1.54, 1.807) is 6.07 Å². The van der Waals surface area contributed by atoms with E-state index in [1.165, 1.54) is 25.3 Å². The van der Waals surface area contributed by atoms with Crippen LogP contribution in [0.3, 0.4) is 0 Å². The van der Waals surface area contributed by atoms with Crippen LogP contribution in [0.1, 0.15) is 30.9 Å². The van der Waals surface area contributed by atoms with Crippen LogP contribution in [0.4, 0.5) is 4.39 Å². The summed E-state index contributed by atoms with van der Waals surface area (Å²) in [5.41, 5.74) is 6.97. The molecule has 1 aliphatic carbocycles. The first-order valence-electron chi connectivity index (χ1n) is 4.89. The minimum Gasteiger partial charge on any atom is -0.324 e. The van der Waals surface area contributed by atoms with Crippen molar-refractivity contribution in [3.8, 4) is 0 Å². The van der Waals surface area contributed by atoms with Crippen molar-refractivity contribution in [3.05, 3.63) is 34.1 Å². The van der Waals surface area contributed by atoms with Gasteiger partial charge in [-0.2, -0.15) is 0 Å². The van der Waals surface area contributed by atoms with Crippen LogP contribution >= 0.6 is 15.9 Å². The monoisotopic (exact) mass is 257 g/mol. The van der Waals surface area contributed by atoms with Crippen LogP contribution in [0.5, 0.6) is 0 Å². The van der Waals surface area contributed by atoms with E-state index in [-0.39, 0.29) is 11.9 Å². The molecule has 1 fully saturated rings. The second-order valence-corrected chi connectivity index (χ2v) is 4.65. The zero-order valence-corrected chi connectivity index (χ0v) is 9.43. The average molecular weight is 258 g/mol. The molecular formula is C11H13BrFN. The normalized spacial score (nSPS) is 19.1. The van der Waals surface area contributed by atoms with Crippen molar-refractivity contribution in [3.63, 3.8) is 0 Å². The zero-order valence-electron chi connectivity index (χ0n) is 7.84. The maximum absolute atomic E-state index is 13.2. The Kier molecular flexibility index (Phi) is 2.88. The van der Waals surface area contributed by atoms with Gasteiger partial charge in [0.15, 0.2) is 0 Å². The van der Waals surface area contributed by atoms with Crippen molar-refractivity contribution in [2.75, 3.05) is 0 Å². The lowest BCUT2D eigenvalue weighted by Crippen LogP contribution is -2.27. The third-order valence-corrected chi connectivity index (χ3v) is 3.83. The van der Waals surface area contributed by atoms with Gasteiger partial charge < -0.3 is 5.73 Å². The van der Waals surface area contributed by atoms with Gasteiger partial charge in [-0.15, -0.1) is 0 Å². The fourth-order valence-corrected chi connectivity index (χ4v) is 2.36. The second kappa shape index (κ2) is 3.99. The van der Waals surface area contributed by atoms with Gasteiger partial charge in [-0.1, -0.05) is 18.6 Å². The molecule has 1 nitrogen and oxygen atoms in total. The Balaban J connectivity index is 2.26. The minimum atomic E-state index is -0.225. The predicted molar refractivity (Wildman–Crippen MR) is 58.4 cm³/mol. The first-order chi connectivity index (χ1) is 6.70. The molecule has 0 amide bonds. The van der Waals surface area contributed by atoms with Crippen LogP contribution in [0, 0.1) is 11.7 Å². The molecule has 0 spiro atoms. The van der Waals surface area contributed by atoms with Crippen molar-refractivity contribution in [2.45, 2.75) is 25.3 Å². The molecule has 0 aromatic heterocycles. The lowest BCUT2D eigenvalue weighted by molar-refractivity contribution is 0.263. The summed E-state index contributed by atoms with van der Waals surface area (Å²) in [6.45, 7) is 0. The van der Waals surface area contributed by atoms with Gasteiger partial charge >= 0.3 is 0 Å². The fraction of sp³-hybridized carbons (Fsp3) is 0.455. The van der Waals surface area contributed by atoms with Gasteiger partial charge in [0.1, 0.15) is 5.82 Å². The van der Waals surface area contributed by atoms with Crippen LogP contribution < -0.4 is 5.73 Å².